The van der Waals surface area contributed by atoms with Crippen molar-refractivity contribution in [2.24, 2.45) is 5.92 Å². The van der Waals surface area contributed by atoms with E-state index in [1.807, 2.05) is 29.2 Å². The second kappa shape index (κ2) is 6.86. The van der Waals surface area contributed by atoms with Gasteiger partial charge in [-0.3, -0.25) is 19.3 Å². The molecule has 35 heavy (non-hydrogen) atoms. The predicted molar refractivity (Wildman–Crippen MR) is 127 cm³/mol. The molecule has 4 aliphatic rings. The molecule has 6 nitrogen and oxygen atoms in total. The second-order valence-corrected chi connectivity index (χ2v) is 9.77. The average Bonchev–Trinajstić information content (AvgIpc) is 3.58. The summed E-state index contributed by atoms with van der Waals surface area (Å²) in [5.74, 6) is -2.27. The summed E-state index contributed by atoms with van der Waals surface area (Å²) in [6, 6.07) is 20.0. The third-order valence-corrected chi connectivity index (χ3v) is 8.40. The summed E-state index contributed by atoms with van der Waals surface area (Å²) in [6.45, 7) is 0.532. The van der Waals surface area contributed by atoms with Crippen molar-refractivity contribution in [2.75, 3.05) is 17.2 Å². The van der Waals surface area contributed by atoms with Crippen molar-refractivity contribution < 1.29 is 18.8 Å². The van der Waals surface area contributed by atoms with Gasteiger partial charge in [0.05, 0.1) is 5.92 Å². The number of halogens is 1. The molecule has 0 aliphatic carbocycles. The number of amides is 2. The van der Waals surface area contributed by atoms with Crippen LogP contribution in [-0.2, 0) is 20.5 Å². The summed E-state index contributed by atoms with van der Waals surface area (Å²) in [5.41, 5.74) is -0.503. The molecule has 4 aliphatic heterocycles. The average molecular weight is 468 g/mol. The molecule has 0 unspecified atom stereocenters. The first-order chi connectivity index (χ1) is 17.0. The molecule has 174 valence electrons. The number of nitrogens with one attached hydrogen (secondary N) is 2. The summed E-state index contributed by atoms with van der Waals surface area (Å²) >= 11 is 0. The number of rotatable bonds is 2. The van der Waals surface area contributed by atoms with Crippen LogP contribution < -0.4 is 10.6 Å². The van der Waals surface area contributed by atoms with Gasteiger partial charge in [0.25, 0.3) is 5.91 Å². The van der Waals surface area contributed by atoms with Gasteiger partial charge in [-0.15, -0.1) is 0 Å². The first kappa shape index (κ1) is 20.5. The van der Waals surface area contributed by atoms with Crippen LogP contribution in [0.5, 0.6) is 0 Å². The van der Waals surface area contributed by atoms with E-state index in [0.29, 0.717) is 41.0 Å². The first-order valence-electron chi connectivity index (χ1n) is 11.9. The lowest BCUT2D eigenvalue weighted by atomic mass is 9.57. The fraction of sp³-hybridized carbons (Fsp3) is 0.250. The van der Waals surface area contributed by atoms with Crippen molar-refractivity contribution in [3.63, 3.8) is 0 Å². The Morgan fingerprint density at radius 1 is 0.886 bits per heavy atom. The molecule has 0 aromatic heterocycles. The fourth-order valence-electron chi connectivity index (χ4n) is 7.33. The van der Waals surface area contributed by atoms with Crippen LogP contribution in [0.2, 0.25) is 0 Å². The zero-order valence-corrected chi connectivity index (χ0v) is 18.8. The Morgan fingerprint density at radius 3 is 2.43 bits per heavy atom. The van der Waals surface area contributed by atoms with Crippen LogP contribution >= 0.6 is 0 Å². The van der Waals surface area contributed by atoms with E-state index in [1.165, 1.54) is 12.1 Å². The van der Waals surface area contributed by atoms with Crippen molar-refractivity contribution in [1.29, 1.82) is 0 Å². The van der Waals surface area contributed by atoms with Gasteiger partial charge < -0.3 is 10.6 Å². The van der Waals surface area contributed by atoms with Crippen LogP contribution in [0.15, 0.2) is 72.8 Å². The summed E-state index contributed by atoms with van der Waals surface area (Å²) in [7, 11) is 0. The predicted octanol–water partition coefficient (Wildman–Crippen LogP) is 3.84. The van der Waals surface area contributed by atoms with E-state index in [4.69, 9.17) is 0 Å². The molecule has 4 heterocycles. The van der Waals surface area contributed by atoms with E-state index in [0.717, 1.165) is 6.42 Å². The molecule has 2 spiro atoms. The highest BCUT2D eigenvalue weighted by atomic mass is 19.1. The molecule has 0 bridgehead atoms. The molecule has 2 fully saturated rings. The van der Waals surface area contributed by atoms with Crippen LogP contribution in [0.4, 0.5) is 15.8 Å². The largest absolute Gasteiger partial charge is 0.325 e. The zero-order valence-electron chi connectivity index (χ0n) is 18.8. The number of hydrogen-bond donors (Lipinski definition) is 2. The minimum absolute atomic E-state index is 0.177. The molecule has 4 atom stereocenters. The number of benzene rings is 3. The molecule has 2 saturated heterocycles. The van der Waals surface area contributed by atoms with Crippen molar-refractivity contribution in [2.45, 2.75) is 29.8 Å². The highest BCUT2D eigenvalue weighted by Gasteiger charge is 2.81. The SMILES string of the molecule is O=C(c1ccccc1)[C@@H]1[C@@H]2CCCN2[C@]2(C(=O)Nc3ccc(F)cc32)[C@@]12C(=O)Nc1ccccc12. The number of anilines is 2. The lowest BCUT2D eigenvalue weighted by molar-refractivity contribution is -0.137. The highest BCUT2D eigenvalue weighted by Crippen LogP contribution is 2.67. The molecule has 2 N–H and O–H groups in total. The number of hydrogen-bond acceptors (Lipinski definition) is 4. The number of Topliss-reactive ketones (excluding diaryl/α,β-unsaturated/α-hetero) is 1. The molecule has 7 heteroatoms. The Balaban J connectivity index is 1.61. The number of nitrogens with zero attached hydrogens (tertiary/aromatic N) is 1. The highest BCUT2D eigenvalue weighted by molar-refractivity contribution is 6.21. The Morgan fingerprint density at radius 2 is 1.60 bits per heavy atom. The Labute approximate surface area is 201 Å². The van der Waals surface area contributed by atoms with Crippen LogP contribution in [0, 0.1) is 11.7 Å². The van der Waals surface area contributed by atoms with Gasteiger partial charge in [-0.25, -0.2) is 4.39 Å². The number of ketones is 1. The molecule has 0 radical (unpaired) electrons. The molecule has 2 amide bonds. The number of carbonyl (C=O) groups excluding carboxylic acids is 3. The van der Waals surface area contributed by atoms with E-state index >= 15 is 0 Å². The molecule has 3 aromatic rings. The molecule has 3 aromatic carbocycles. The summed E-state index contributed by atoms with van der Waals surface area (Å²) in [6.07, 6.45) is 1.45. The van der Waals surface area contributed by atoms with E-state index in [-0.39, 0.29) is 17.7 Å². The Bertz CT molecular complexity index is 1440. The standard InChI is InChI=1S/C28H22FN3O3/c29-17-12-13-21-19(15-17)28(26(35)31-21)27(18-9-4-5-10-20(18)30-25(27)34)23(22-11-6-14-32(22)28)24(33)16-7-2-1-3-8-16/h1-5,7-10,12-13,15,22-23H,6,11,14H2,(H,30,34)(H,31,35)/t22-,23-,27+,28+/m0/s1. The van der Waals surface area contributed by atoms with Gasteiger partial charge >= 0.3 is 0 Å². The van der Waals surface area contributed by atoms with Crippen LogP contribution in [0.1, 0.15) is 34.3 Å². The second-order valence-electron chi connectivity index (χ2n) is 9.77. The number of para-hydroxylation sites is 1. The lowest BCUT2D eigenvalue weighted by Gasteiger charge is -2.43. The van der Waals surface area contributed by atoms with Gasteiger partial charge in [0.1, 0.15) is 16.8 Å². The fourth-order valence-corrected chi connectivity index (χ4v) is 7.33. The van der Waals surface area contributed by atoms with Crippen molar-refractivity contribution in [3.8, 4) is 0 Å². The Hall–Kier alpha value is -3.84. The van der Waals surface area contributed by atoms with Crippen molar-refractivity contribution >= 4 is 29.0 Å². The smallest absolute Gasteiger partial charge is 0.251 e. The summed E-state index contributed by atoms with van der Waals surface area (Å²) in [4.78, 5) is 44.8. The van der Waals surface area contributed by atoms with Gasteiger partial charge in [0, 0.05) is 28.5 Å². The third kappa shape index (κ3) is 2.25. The molecular weight excluding hydrogens is 445 g/mol. The van der Waals surface area contributed by atoms with Gasteiger partial charge in [-0.1, -0.05) is 48.5 Å². The first-order valence-corrected chi connectivity index (χ1v) is 11.9. The van der Waals surface area contributed by atoms with Crippen LogP contribution in [0.3, 0.4) is 0 Å². The van der Waals surface area contributed by atoms with Crippen LogP contribution in [0.25, 0.3) is 0 Å². The van der Waals surface area contributed by atoms with Gasteiger partial charge in [-0.05, 0) is 49.2 Å². The normalized spacial score (nSPS) is 30.3. The zero-order chi connectivity index (χ0) is 23.9. The number of carbonyl (C=O) groups is 3. The minimum Gasteiger partial charge on any atom is -0.325 e. The lowest BCUT2D eigenvalue weighted by Crippen LogP contribution is -2.62. The topological polar surface area (TPSA) is 78.5 Å². The maximum Gasteiger partial charge on any atom is 0.251 e. The minimum atomic E-state index is -1.55. The summed E-state index contributed by atoms with van der Waals surface area (Å²) < 4.78 is 14.7. The van der Waals surface area contributed by atoms with E-state index in [9.17, 15) is 18.8 Å². The quantitative estimate of drug-likeness (QED) is 0.562. The van der Waals surface area contributed by atoms with Crippen LogP contribution in [-0.4, -0.2) is 35.1 Å². The third-order valence-electron chi connectivity index (χ3n) is 8.40. The van der Waals surface area contributed by atoms with Crippen molar-refractivity contribution in [1.82, 2.24) is 4.90 Å². The molecule has 7 rings (SSSR count). The Kier molecular flexibility index (Phi) is 4.02. The maximum atomic E-state index is 14.7. The molecular formula is C28H22FN3O3. The molecule has 0 saturated carbocycles. The van der Waals surface area contributed by atoms with E-state index in [1.54, 1.807) is 36.4 Å². The summed E-state index contributed by atoms with van der Waals surface area (Å²) in [5, 5.41) is 5.91. The van der Waals surface area contributed by atoms with Crippen molar-refractivity contribution in [3.05, 3.63) is 95.3 Å². The van der Waals surface area contributed by atoms with Gasteiger partial charge in [-0.2, -0.15) is 0 Å². The van der Waals surface area contributed by atoms with Gasteiger partial charge in [0.2, 0.25) is 5.91 Å². The number of fused-ring (bicyclic) bond motifs is 7. The van der Waals surface area contributed by atoms with Gasteiger partial charge in [0.15, 0.2) is 5.78 Å². The van der Waals surface area contributed by atoms with E-state index in [2.05, 4.69) is 10.6 Å². The maximum absolute atomic E-state index is 14.7. The van der Waals surface area contributed by atoms with E-state index < -0.39 is 28.6 Å². The monoisotopic (exact) mass is 467 g/mol.